The van der Waals surface area contributed by atoms with Gasteiger partial charge in [-0.2, -0.15) is 0 Å². The molecule has 0 amide bonds. The highest BCUT2D eigenvalue weighted by Crippen LogP contribution is 2.31. The van der Waals surface area contributed by atoms with Crippen LogP contribution in [0.1, 0.15) is 24.8 Å². The molecule has 4 heteroatoms. The van der Waals surface area contributed by atoms with Crippen molar-refractivity contribution in [3.05, 3.63) is 30.1 Å². The minimum atomic E-state index is 1.05. The van der Waals surface area contributed by atoms with E-state index >= 15 is 0 Å². The molecule has 2 aromatic heterocycles. The summed E-state index contributed by atoms with van der Waals surface area (Å²) in [6.07, 6.45) is 5.54. The van der Waals surface area contributed by atoms with Gasteiger partial charge in [0.25, 0.3) is 0 Å². The highest BCUT2D eigenvalue weighted by Gasteiger charge is 2.18. The molecule has 1 N–H and O–H groups in total. The number of piperidine rings is 1. The van der Waals surface area contributed by atoms with Gasteiger partial charge in [0.2, 0.25) is 0 Å². The molecule has 3 aromatic rings. The van der Waals surface area contributed by atoms with Crippen molar-refractivity contribution in [1.29, 1.82) is 0 Å². The number of fused-ring (bicyclic) bond motifs is 3. The molecule has 4 nitrogen and oxygen atoms in total. The maximum absolute atomic E-state index is 4.54. The number of benzene rings is 1. The smallest absolute Gasteiger partial charge is 0.156 e. The van der Waals surface area contributed by atoms with Crippen LogP contribution in [-0.4, -0.2) is 28.0 Å². The lowest BCUT2D eigenvalue weighted by molar-refractivity contribution is 0.574. The molecular formula is C16H18N4. The molecule has 0 aliphatic carbocycles. The Morgan fingerprint density at radius 2 is 1.95 bits per heavy atom. The van der Waals surface area contributed by atoms with E-state index in [1.807, 2.05) is 0 Å². The van der Waals surface area contributed by atoms with Crippen LogP contribution in [0.3, 0.4) is 0 Å². The van der Waals surface area contributed by atoms with Gasteiger partial charge in [-0.15, -0.1) is 0 Å². The Bertz CT molecular complexity index is 769. The summed E-state index contributed by atoms with van der Waals surface area (Å²) in [5, 5.41) is 1.23. The predicted molar refractivity (Wildman–Crippen MR) is 82.2 cm³/mol. The largest absolute Gasteiger partial charge is 0.355 e. The van der Waals surface area contributed by atoms with Gasteiger partial charge in [0.15, 0.2) is 5.82 Å². The van der Waals surface area contributed by atoms with Crippen LogP contribution < -0.4 is 4.90 Å². The number of H-pyrrole nitrogens is 1. The van der Waals surface area contributed by atoms with Crippen LogP contribution >= 0.6 is 0 Å². The Labute approximate surface area is 117 Å². The third-order valence-corrected chi connectivity index (χ3v) is 4.25. The Balaban J connectivity index is 1.98. The summed E-state index contributed by atoms with van der Waals surface area (Å²) in [5.41, 5.74) is 4.54. The topological polar surface area (TPSA) is 44.8 Å². The molecule has 0 saturated carbocycles. The van der Waals surface area contributed by atoms with Crippen LogP contribution in [0.4, 0.5) is 5.82 Å². The molecule has 1 aliphatic heterocycles. The van der Waals surface area contributed by atoms with Crippen molar-refractivity contribution in [3.63, 3.8) is 0 Å². The molecule has 3 heterocycles. The lowest BCUT2D eigenvalue weighted by Crippen LogP contribution is -2.30. The van der Waals surface area contributed by atoms with Crippen LogP contribution in [0.15, 0.2) is 24.5 Å². The summed E-state index contributed by atoms with van der Waals surface area (Å²) < 4.78 is 0. The fourth-order valence-corrected chi connectivity index (χ4v) is 3.25. The van der Waals surface area contributed by atoms with Crippen molar-refractivity contribution in [3.8, 4) is 0 Å². The van der Waals surface area contributed by atoms with Gasteiger partial charge >= 0.3 is 0 Å². The lowest BCUT2D eigenvalue weighted by atomic mass is 10.1. The van der Waals surface area contributed by atoms with Gasteiger partial charge in [0.05, 0.1) is 0 Å². The van der Waals surface area contributed by atoms with Gasteiger partial charge in [0.1, 0.15) is 17.4 Å². The second-order valence-electron chi connectivity index (χ2n) is 5.59. The maximum Gasteiger partial charge on any atom is 0.156 e. The van der Waals surface area contributed by atoms with E-state index in [-0.39, 0.29) is 0 Å². The first kappa shape index (κ1) is 11.7. The fraction of sp³-hybridized carbons (Fsp3) is 0.375. The van der Waals surface area contributed by atoms with Crippen molar-refractivity contribution in [1.82, 2.24) is 15.0 Å². The van der Waals surface area contributed by atoms with Crippen LogP contribution in [0, 0.1) is 6.92 Å². The number of aromatic nitrogens is 3. The molecule has 102 valence electrons. The van der Waals surface area contributed by atoms with Gasteiger partial charge in [-0.25, -0.2) is 9.97 Å². The average Bonchev–Trinajstić information content (AvgIpc) is 2.88. The number of hydrogen-bond acceptors (Lipinski definition) is 3. The first-order valence-corrected chi connectivity index (χ1v) is 7.31. The van der Waals surface area contributed by atoms with E-state index < -0.39 is 0 Å². The highest BCUT2D eigenvalue weighted by atomic mass is 15.2. The monoisotopic (exact) mass is 266 g/mol. The number of rotatable bonds is 1. The van der Waals surface area contributed by atoms with Crippen molar-refractivity contribution < 1.29 is 0 Å². The van der Waals surface area contributed by atoms with Crippen molar-refractivity contribution in [2.45, 2.75) is 26.2 Å². The van der Waals surface area contributed by atoms with E-state index in [0.717, 1.165) is 35.5 Å². The normalized spacial score (nSPS) is 16.1. The summed E-state index contributed by atoms with van der Waals surface area (Å²) in [6.45, 7) is 4.33. The number of nitrogens with one attached hydrogen (secondary N) is 1. The van der Waals surface area contributed by atoms with Gasteiger partial charge in [-0.3, -0.25) is 0 Å². The molecule has 4 rings (SSSR count). The third-order valence-electron chi connectivity index (χ3n) is 4.25. The van der Waals surface area contributed by atoms with Crippen molar-refractivity contribution in [2.75, 3.05) is 18.0 Å². The number of nitrogens with zero attached hydrogens (tertiary/aromatic N) is 3. The maximum atomic E-state index is 4.54. The molecule has 1 saturated heterocycles. The zero-order valence-electron chi connectivity index (χ0n) is 11.7. The third kappa shape index (κ3) is 1.68. The standard InChI is InChI=1S/C16H18N4/c1-11-6-5-7-12-13(11)14-15(19-12)16(18-10-17-14)20-8-3-2-4-9-20/h5-7,10,19H,2-4,8-9H2,1H3. The van der Waals surface area contributed by atoms with E-state index in [4.69, 9.17) is 0 Å². The van der Waals surface area contributed by atoms with Crippen LogP contribution in [0.2, 0.25) is 0 Å². The molecule has 0 radical (unpaired) electrons. The van der Waals surface area contributed by atoms with Crippen LogP contribution in [0.5, 0.6) is 0 Å². The second-order valence-corrected chi connectivity index (χ2v) is 5.59. The van der Waals surface area contributed by atoms with Crippen LogP contribution in [-0.2, 0) is 0 Å². The fourth-order valence-electron chi connectivity index (χ4n) is 3.25. The summed E-state index contributed by atoms with van der Waals surface area (Å²) in [7, 11) is 0. The van der Waals surface area contributed by atoms with E-state index in [9.17, 15) is 0 Å². The quantitative estimate of drug-likeness (QED) is 0.734. The molecule has 1 aliphatic rings. The molecule has 1 fully saturated rings. The number of anilines is 1. The van der Waals surface area contributed by atoms with E-state index in [2.05, 4.69) is 45.0 Å². The Morgan fingerprint density at radius 1 is 1.10 bits per heavy atom. The summed E-state index contributed by atoms with van der Waals surface area (Å²) in [4.78, 5) is 15.0. The first-order valence-electron chi connectivity index (χ1n) is 7.31. The zero-order valence-corrected chi connectivity index (χ0v) is 11.7. The Morgan fingerprint density at radius 3 is 2.80 bits per heavy atom. The molecule has 0 bridgehead atoms. The van der Waals surface area contributed by atoms with Crippen LogP contribution in [0.25, 0.3) is 21.9 Å². The zero-order chi connectivity index (χ0) is 13.5. The summed E-state index contributed by atoms with van der Waals surface area (Å²) in [6, 6.07) is 6.34. The average molecular weight is 266 g/mol. The molecule has 0 atom stereocenters. The number of aromatic amines is 1. The SMILES string of the molecule is Cc1cccc2[nH]c3c(N4CCCCC4)ncnc3c12. The number of aryl methyl sites for hydroxylation is 1. The minimum absolute atomic E-state index is 1.05. The van der Waals surface area contributed by atoms with Crippen molar-refractivity contribution in [2.24, 2.45) is 0 Å². The molecule has 0 unspecified atom stereocenters. The Hall–Kier alpha value is -2.10. The van der Waals surface area contributed by atoms with E-state index in [1.165, 1.54) is 30.2 Å². The molecule has 1 aromatic carbocycles. The lowest BCUT2D eigenvalue weighted by Gasteiger charge is -2.27. The van der Waals surface area contributed by atoms with Crippen molar-refractivity contribution >= 4 is 27.8 Å². The predicted octanol–water partition coefficient (Wildman–Crippen LogP) is 3.41. The highest BCUT2D eigenvalue weighted by molar-refractivity contribution is 6.09. The van der Waals surface area contributed by atoms with E-state index in [0.29, 0.717) is 0 Å². The first-order chi connectivity index (χ1) is 9.84. The van der Waals surface area contributed by atoms with Gasteiger partial charge in [0, 0.05) is 24.0 Å². The number of hydrogen-bond donors (Lipinski definition) is 1. The van der Waals surface area contributed by atoms with Gasteiger partial charge in [-0.1, -0.05) is 12.1 Å². The minimum Gasteiger partial charge on any atom is -0.355 e. The molecule has 0 spiro atoms. The summed E-state index contributed by atoms with van der Waals surface area (Å²) in [5.74, 6) is 1.06. The molecule has 20 heavy (non-hydrogen) atoms. The molecular weight excluding hydrogens is 248 g/mol. The van der Waals surface area contributed by atoms with Gasteiger partial charge < -0.3 is 9.88 Å². The Kier molecular flexibility index (Phi) is 2.62. The second kappa shape index (κ2) is 4.47. The van der Waals surface area contributed by atoms with E-state index in [1.54, 1.807) is 6.33 Å². The summed E-state index contributed by atoms with van der Waals surface area (Å²) >= 11 is 0. The van der Waals surface area contributed by atoms with Gasteiger partial charge in [-0.05, 0) is 37.8 Å².